The molecule has 0 aliphatic carbocycles. The first-order valence-electron chi connectivity index (χ1n) is 4.46. The van der Waals surface area contributed by atoms with Gasteiger partial charge < -0.3 is 10.5 Å². The molecule has 0 radical (unpaired) electrons. The maximum Gasteiger partial charge on any atom is 0.356 e. The van der Waals surface area contributed by atoms with Crippen molar-refractivity contribution in [2.24, 2.45) is 0 Å². The van der Waals surface area contributed by atoms with Crippen LogP contribution >= 0.6 is 12.4 Å². The number of carbonyl (C=O) groups is 1. The Kier molecular flexibility index (Phi) is 3.68. The summed E-state index contributed by atoms with van der Waals surface area (Å²) in [6.07, 6.45) is 0. The normalized spacial score (nSPS) is 9.56. The molecule has 2 aromatic rings. The SMILES string of the molecule is COC(=O)c1cc(N)c2ccccc2n1.Cl. The van der Waals surface area contributed by atoms with Crippen LogP contribution in [0.25, 0.3) is 10.9 Å². The lowest BCUT2D eigenvalue weighted by atomic mass is 10.1. The minimum Gasteiger partial charge on any atom is -0.464 e. The van der Waals surface area contributed by atoms with E-state index in [1.165, 1.54) is 13.2 Å². The largest absolute Gasteiger partial charge is 0.464 e. The van der Waals surface area contributed by atoms with Crippen molar-refractivity contribution in [3.8, 4) is 0 Å². The van der Waals surface area contributed by atoms with E-state index >= 15 is 0 Å². The number of methoxy groups -OCH3 is 1. The Balaban J connectivity index is 0.00000128. The van der Waals surface area contributed by atoms with Crippen molar-refractivity contribution in [1.82, 2.24) is 4.98 Å². The summed E-state index contributed by atoms with van der Waals surface area (Å²) < 4.78 is 4.58. The van der Waals surface area contributed by atoms with E-state index < -0.39 is 5.97 Å². The van der Waals surface area contributed by atoms with Crippen molar-refractivity contribution in [2.45, 2.75) is 0 Å². The number of nitrogens with two attached hydrogens (primary N) is 1. The van der Waals surface area contributed by atoms with Gasteiger partial charge in [-0.25, -0.2) is 9.78 Å². The fraction of sp³-hybridized carbons (Fsp3) is 0.0909. The van der Waals surface area contributed by atoms with Gasteiger partial charge in [-0.15, -0.1) is 12.4 Å². The molecule has 1 aromatic heterocycles. The first-order chi connectivity index (χ1) is 7.22. The predicted molar refractivity (Wildman–Crippen MR) is 64.7 cm³/mol. The average molecular weight is 239 g/mol. The van der Waals surface area contributed by atoms with Crippen LogP contribution in [-0.2, 0) is 4.74 Å². The smallest absolute Gasteiger partial charge is 0.356 e. The fourth-order valence-electron chi connectivity index (χ4n) is 1.41. The summed E-state index contributed by atoms with van der Waals surface area (Å²) in [6, 6.07) is 8.90. The highest BCUT2D eigenvalue weighted by atomic mass is 35.5. The Morgan fingerprint density at radius 1 is 1.38 bits per heavy atom. The lowest BCUT2D eigenvalue weighted by molar-refractivity contribution is 0.0594. The number of carbonyl (C=O) groups excluding carboxylic acids is 1. The molecule has 84 valence electrons. The Labute approximate surface area is 98.8 Å². The molecule has 0 saturated heterocycles. The van der Waals surface area contributed by atoms with E-state index in [0.717, 1.165) is 5.39 Å². The fourth-order valence-corrected chi connectivity index (χ4v) is 1.41. The number of rotatable bonds is 1. The van der Waals surface area contributed by atoms with Gasteiger partial charge in [-0.05, 0) is 12.1 Å². The van der Waals surface area contributed by atoms with Crippen LogP contribution in [0, 0.1) is 0 Å². The number of para-hydroxylation sites is 1. The number of hydrogen-bond donors (Lipinski definition) is 1. The monoisotopic (exact) mass is 238 g/mol. The van der Waals surface area contributed by atoms with E-state index in [9.17, 15) is 4.79 Å². The summed E-state index contributed by atoms with van der Waals surface area (Å²) in [4.78, 5) is 15.4. The van der Waals surface area contributed by atoms with Crippen LogP contribution in [0.1, 0.15) is 10.5 Å². The summed E-state index contributed by atoms with van der Waals surface area (Å²) in [5.41, 5.74) is 7.25. The number of ether oxygens (including phenoxy) is 1. The number of hydrogen-bond acceptors (Lipinski definition) is 4. The topological polar surface area (TPSA) is 65.2 Å². The molecule has 0 unspecified atom stereocenters. The van der Waals surface area contributed by atoms with Crippen LogP contribution in [0.2, 0.25) is 0 Å². The van der Waals surface area contributed by atoms with Gasteiger partial charge >= 0.3 is 5.97 Å². The van der Waals surface area contributed by atoms with Gasteiger partial charge in [0, 0.05) is 11.1 Å². The minimum atomic E-state index is -0.479. The zero-order valence-electron chi connectivity index (χ0n) is 8.64. The quantitative estimate of drug-likeness (QED) is 0.772. The van der Waals surface area contributed by atoms with Gasteiger partial charge in [0.15, 0.2) is 5.69 Å². The maximum atomic E-state index is 11.3. The number of nitrogens with zero attached hydrogens (tertiary/aromatic N) is 1. The van der Waals surface area contributed by atoms with Gasteiger partial charge in [0.2, 0.25) is 0 Å². The molecule has 4 nitrogen and oxygen atoms in total. The van der Waals surface area contributed by atoms with Crippen LogP contribution in [0.3, 0.4) is 0 Å². The van der Waals surface area contributed by atoms with E-state index in [1.807, 2.05) is 18.2 Å². The second-order valence-electron chi connectivity index (χ2n) is 3.11. The molecule has 1 heterocycles. The number of anilines is 1. The van der Waals surface area contributed by atoms with E-state index in [1.54, 1.807) is 6.07 Å². The summed E-state index contributed by atoms with van der Waals surface area (Å²) in [7, 11) is 1.31. The number of aromatic nitrogens is 1. The van der Waals surface area contributed by atoms with Gasteiger partial charge in [-0.2, -0.15) is 0 Å². The highest BCUT2D eigenvalue weighted by Crippen LogP contribution is 2.20. The van der Waals surface area contributed by atoms with Crippen LogP contribution in [0.4, 0.5) is 5.69 Å². The molecule has 1 aromatic carbocycles. The van der Waals surface area contributed by atoms with Gasteiger partial charge in [0.05, 0.1) is 12.6 Å². The second kappa shape index (κ2) is 4.81. The summed E-state index contributed by atoms with van der Waals surface area (Å²) in [6.45, 7) is 0. The molecule has 16 heavy (non-hydrogen) atoms. The number of esters is 1. The molecule has 2 N–H and O–H groups in total. The van der Waals surface area contributed by atoms with Crippen LogP contribution in [-0.4, -0.2) is 18.1 Å². The molecule has 0 atom stereocenters. The molecular weight excluding hydrogens is 228 g/mol. The molecule has 0 saturated carbocycles. The number of pyridine rings is 1. The second-order valence-corrected chi connectivity index (χ2v) is 3.11. The third kappa shape index (κ3) is 2.06. The zero-order valence-corrected chi connectivity index (χ0v) is 9.45. The first kappa shape index (κ1) is 12.3. The van der Waals surface area contributed by atoms with E-state index in [0.29, 0.717) is 11.2 Å². The summed E-state index contributed by atoms with van der Waals surface area (Å²) in [5.74, 6) is -0.479. The molecule has 0 bridgehead atoms. The number of fused-ring (bicyclic) bond motifs is 1. The summed E-state index contributed by atoms with van der Waals surface area (Å²) in [5, 5.41) is 0.838. The Morgan fingerprint density at radius 3 is 2.75 bits per heavy atom. The van der Waals surface area contributed by atoms with Crippen molar-refractivity contribution in [2.75, 3.05) is 12.8 Å². The Bertz CT molecular complexity index is 528. The zero-order chi connectivity index (χ0) is 10.8. The Hall–Kier alpha value is -1.81. The van der Waals surface area contributed by atoms with E-state index in [4.69, 9.17) is 5.73 Å². The lowest BCUT2D eigenvalue weighted by Crippen LogP contribution is -2.05. The third-order valence-corrected chi connectivity index (χ3v) is 2.14. The third-order valence-electron chi connectivity index (χ3n) is 2.14. The Morgan fingerprint density at radius 2 is 2.06 bits per heavy atom. The number of benzene rings is 1. The van der Waals surface area contributed by atoms with Crippen molar-refractivity contribution < 1.29 is 9.53 Å². The average Bonchev–Trinajstić information content (AvgIpc) is 2.28. The van der Waals surface area contributed by atoms with Crippen molar-refractivity contribution >= 4 is 35.0 Å². The molecule has 2 rings (SSSR count). The van der Waals surface area contributed by atoms with Gasteiger partial charge in [-0.3, -0.25) is 0 Å². The standard InChI is InChI=1S/C11H10N2O2.ClH/c1-15-11(14)10-6-8(12)7-4-2-3-5-9(7)13-10;/h2-6H,1H3,(H2,12,13);1H. The maximum absolute atomic E-state index is 11.3. The molecule has 0 amide bonds. The van der Waals surface area contributed by atoms with Crippen LogP contribution in [0.15, 0.2) is 30.3 Å². The molecule has 5 heteroatoms. The van der Waals surface area contributed by atoms with Crippen molar-refractivity contribution in [3.63, 3.8) is 0 Å². The molecule has 0 fully saturated rings. The minimum absolute atomic E-state index is 0. The van der Waals surface area contributed by atoms with E-state index in [-0.39, 0.29) is 18.1 Å². The molecular formula is C11H11ClN2O2. The molecule has 0 aliphatic heterocycles. The van der Waals surface area contributed by atoms with Gasteiger partial charge in [0.1, 0.15) is 0 Å². The predicted octanol–water partition coefficient (Wildman–Crippen LogP) is 2.03. The molecule has 0 spiro atoms. The highest BCUT2D eigenvalue weighted by molar-refractivity contribution is 5.96. The van der Waals surface area contributed by atoms with Crippen LogP contribution < -0.4 is 5.73 Å². The van der Waals surface area contributed by atoms with E-state index in [2.05, 4.69) is 9.72 Å². The van der Waals surface area contributed by atoms with Crippen molar-refractivity contribution in [1.29, 1.82) is 0 Å². The molecule has 0 aliphatic rings. The van der Waals surface area contributed by atoms with Gasteiger partial charge in [0.25, 0.3) is 0 Å². The number of nitrogen functional groups attached to an aromatic ring is 1. The lowest BCUT2D eigenvalue weighted by Gasteiger charge is -2.04. The number of halogens is 1. The van der Waals surface area contributed by atoms with Crippen molar-refractivity contribution in [3.05, 3.63) is 36.0 Å². The van der Waals surface area contributed by atoms with Crippen LogP contribution in [0.5, 0.6) is 0 Å². The van der Waals surface area contributed by atoms with Gasteiger partial charge in [-0.1, -0.05) is 18.2 Å². The summed E-state index contributed by atoms with van der Waals surface area (Å²) >= 11 is 0. The first-order valence-corrected chi connectivity index (χ1v) is 4.46. The highest BCUT2D eigenvalue weighted by Gasteiger charge is 2.09.